The smallest absolute Gasteiger partial charge is 0.269 e. The zero-order chi connectivity index (χ0) is 27.0. The quantitative estimate of drug-likeness (QED) is 0.197. The molecule has 2 heterocycles. The van der Waals surface area contributed by atoms with Gasteiger partial charge in [0.2, 0.25) is 17.3 Å². The molecule has 0 spiro atoms. The second-order valence-corrected chi connectivity index (χ2v) is 11.5. The Hall–Kier alpha value is -3.49. The van der Waals surface area contributed by atoms with Gasteiger partial charge in [-0.1, -0.05) is 35.6 Å². The molecular formula is C24H21N2O8S3-. The van der Waals surface area contributed by atoms with Crippen LogP contribution in [0.5, 0.6) is 11.5 Å². The van der Waals surface area contributed by atoms with Crippen LogP contribution in [0.1, 0.15) is 5.01 Å². The second-order valence-electron chi connectivity index (χ2n) is 7.72. The van der Waals surface area contributed by atoms with Crippen LogP contribution in [0, 0.1) is 0 Å². The van der Waals surface area contributed by atoms with E-state index >= 15 is 0 Å². The number of hydrogen-bond acceptors (Lipinski definition) is 10. The Morgan fingerprint density at radius 2 is 1.78 bits per heavy atom. The van der Waals surface area contributed by atoms with E-state index in [1.165, 1.54) is 40.1 Å². The van der Waals surface area contributed by atoms with Crippen LogP contribution in [0.3, 0.4) is 0 Å². The van der Waals surface area contributed by atoms with Crippen molar-refractivity contribution in [3.05, 3.63) is 78.6 Å². The molecule has 37 heavy (non-hydrogen) atoms. The third kappa shape index (κ3) is 5.60. The predicted molar refractivity (Wildman–Crippen MR) is 139 cm³/mol. The van der Waals surface area contributed by atoms with Gasteiger partial charge >= 0.3 is 0 Å². The van der Waals surface area contributed by atoms with Crippen LogP contribution in [0.2, 0.25) is 0 Å². The van der Waals surface area contributed by atoms with Crippen molar-refractivity contribution >= 4 is 64.3 Å². The van der Waals surface area contributed by atoms with Gasteiger partial charge in [0.05, 0.1) is 24.3 Å². The second kappa shape index (κ2) is 10.1. The Morgan fingerprint density at radius 1 is 1.05 bits per heavy atom. The minimum absolute atomic E-state index is 0.0133. The molecule has 0 aliphatic carbocycles. The highest BCUT2D eigenvalue weighted by Gasteiger charge is 2.31. The van der Waals surface area contributed by atoms with E-state index in [1.807, 2.05) is 30.3 Å². The molecule has 1 aliphatic rings. The largest absolute Gasteiger partial charge is 0.747 e. The third-order valence-electron chi connectivity index (χ3n) is 5.37. The molecule has 0 fully saturated rings. The van der Waals surface area contributed by atoms with Gasteiger partial charge in [0.15, 0.2) is 15.9 Å². The van der Waals surface area contributed by atoms with Crippen molar-refractivity contribution in [1.82, 2.24) is 0 Å². The maximum Gasteiger partial charge on any atom is 0.269 e. The summed E-state index contributed by atoms with van der Waals surface area (Å²) in [6.45, 7) is 6.00. The molecule has 0 N–H and O–H groups in total. The molecular weight excluding hydrogens is 540 g/mol. The van der Waals surface area contributed by atoms with E-state index in [-0.39, 0.29) is 11.6 Å². The Kier molecular flexibility index (Phi) is 7.26. The lowest BCUT2D eigenvalue weighted by Crippen LogP contribution is -2.39. The molecule has 0 atom stereocenters. The molecule has 0 saturated heterocycles. The lowest BCUT2D eigenvalue weighted by atomic mass is 10.1. The number of methoxy groups -OCH3 is 1. The Balaban J connectivity index is 0.00000156. The zero-order valence-electron chi connectivity index (χ0n) is 19.5. The molecule has 194 valence electrons. The molecule has 0 amide bonds. The zero-order valence-corrected chi connectivity index (χ0v) is 21.9. The third-order valence-corrected chi connectivity index (χ3v) is 7.62. The number of thiazole rings is 1. The van der Waals surface area contributed by atoms with E-state index in [0.29, 0.717) is 26.7 Å². The summed E-state index contributed by atoms with van der Waals surface area (Å²) in [4.78, 5) is 1.17. The van der Waals surface area contributed by atoms with E-state index in [2.05, 4.69) is 13.2 Å². The van der Waals surface area contributed by atoms with Crippen LogP contribution in [0.15, 0.2) is 73.6 Å². The summed E-state index contributed by atoms with van der Waals surface area (Å²) in [7, 11) is -7.98. The SMILES string of the molecule is C=C.COc1ccc2c(c1)N(CS(=O)(=O)[O-])C(=Cc1sc3ccc4ccccc4c3[n+]1CS(=O)(=O)[O-])O2. The van der Waals surface area contributed by atoms with Gasteiger partial charge in [0, 0.05) is 6.07 Å². The molecule has 0 radical (unpaired) electrons. The minimum atomic E-state index is -4.72. The molecule has 4 aromatic rings. The topological polar surface area (TPSA) is 140 Å². The summed E-state index contributed by atoms with van der Waals surface area (Å²) < 4.78 is 83.5. The fourth-order valence-corrected chi connectivity index (χ4v) is 6.33. The lowest BCUT2D eigenvalue weighted by Gasteiger charge is -2.20. The number of aromatic nitrogens is 1. The fourth-order valence-electron chi connectivity index (χ4n) is 3.98. The molecule has 1 aromatic heterocycles. The summed E-state index contributed by atoms with van der Waals surface area (Å²) in [6, 6.07) is 15.7. The van der Waals surface area contributed by atoms with Gasteiger partial charge in [-0.2, -0.15) is 4.57 Å². The van der Waals surface area contributed by atoms with Crippen LogP contribution >= 0.6 is 11.3 Å². The standard InChI is InChI=1S/C22H18N2O8S3.C2H4/c1-31-15-7-8-18-17(10-15)23(12-34(25,26)27)20(32-18)11-21-24(13-35(28,29)30)22-16-5-3-2-4-14(16)6-9-19(22)33-21;1-2/h2-11H,12-13H2,1H3,(H-,25,26,27,28,29,30);1-2H2/p-1. The predicted octanol–water partition coefficient (Wildman–Crippen LogP) is 3.36. The molecule has 0 bridgehead atoms. The van der Waals surface area contributed by atoms with Crippen molar-refractivity contribution in [3.8, 4) is 11.5 Å². The van der Waals surface area contributed by atoms with Crippen LogP contribution in [-0.2, 0) is 26.1 Å². The van der Waals surface area contributed by atoms with E-state index in [4.69, 9.17) is 9.47 Å². The van der Waals surface area contributed by atoms with E-state index in [1.54, 1.807) is 18.2 Å². The van der Waals surface area contributed by atoms with E-state index in [0.717, 1.165) is 10.8 Å². The number of hydrogen-bond donors (Lipinski definition) is 0. The Bertz CT molecular complexity index is 1740. The lowest BCUT2D eigenvalue weighted by molar-refractivity contribution is -0.648. The van der Waals surface area contributed by atoms with E-state index < -0.39 is 32.0 Å². The first-order valence-corrected chi connectivity index (χ1v) is 14.6. The highest BCUT2D eigenvalue weighted by atomic mass is 32.2. The fraction of sp³-hybridized carbons (Fsp3) is 0.125. The van der Waals surface area contributed by atoms with Gasteiger partial charge in [-0.3, -0.25) is 4.90 Å². The molecule has 5 rings (SSSR count). The normalized spacial score (nSPS) is 14.4. The van der Waals surface area contributed by atoms with Crippen molar-refractivity contribution in [2.45, 2.75) is 5.88 Å². The van der Waals surface area contributed by atoms with Gasteiger partial charge in [-0.15, -0.1) is 13.2 Å². The average Bonchev–Trinajstić information content (AvgIpc) is 3.35. The van der Waals surface area contributed by atoms with Crippen molar-refractivity contribution in [2.24, 2.45) is 0 Å². The molecule has 0 unspecified atom stereocenters. The van der Waals surface area contributed by atoms with E-state index in [9.17, 15) is 25.9 Å². The summed E-state index contributed by atoms with van der Waals surface area (Å²) in [6.07, 6.45) is 1.42. The first-order chi connectivity index (χ1) is 17.5. The summed E-state index contributed by atoms with van der Waals surface area (Å²) >= 11 is 1.20. The number of benzene rings is 3. The number of anilines is 1. The van der Waals surface area contributed by atoms with Crippen LogP contribution < -0.4 is 18.9 Å². The monoisotopic (exact) mass is 561 g/mol. The first kappa shape index (κ1) is 26.6. The highest BCUT2D eigenvalue weighted by molar-refractivity contribution is 7.85. The van der Waals surface area contributed by atoms with Gasteiger partial charge < -0.3 is 18.6 Å². The van der Waals surface area contributed by atoms with Crippen molar-refractivity contribution < 1.29 is 40.0 Å². The summed E-state index contributed by atoms with van der Waals surface area (Å²) in [5.41, 5.74) is 0.837. The number of rotatable bonds is 6. The molecule has 13 heteroatoms. The van der Waals surface area contributed by atoms with Crippen molar-refractivity contribution in [3.63, 3.8) is 0 Å². The minimum Gasteiger partial charge on any atom is -0.747 e. The van der Waals surface area contributed by atoms with Gasteiger partial charge in [0.25, 0.3) is 5.01 Å². The maximum atomic E-state index is 11.8. The van der Waals surface area contributed by atoms with Crippen molar-refractivity contribution in [2.75, 3.05) is 17.9 Å². The van der Waals surface area contributed by atoms with Crippen LogP contribution in [0.4, 0.5) is 5.69 Å². The molecule has 10 nitrogen and oxygen atoms in total. The highest BCUT2D eigenvalue weighted by Crippen LogP contribution is 2.42. The summed E-state index contributed by atoms with van der Waals surface area (Å²) in [5, 5.41) is 1.91. The van der Waals surface area contributed by atoms with Gasteiger partial charge in [-0.05, 0) is 29.7 Å². The van der Waals surface area contributed by atoms with Gasteiger partial charge in [-0.25, -0.2) is 16.8 Å². The molecule has 0 saturated carbocycles. The number of ether oxygens (including phenoxy) is 2. The van der Waals surface area contributed by atoms with Gasteiger partial charge in [0.1, 0.15) is 26.4 Å². The number of nitrogens with zero attached hydrogens (tertiary/aromatic N) is 2. The molecule has 1 aliphatic heterocycles. The summed E-state index contributed by atoms with van der Waals surface area (Å²) in [5.74, 6) is -1.08. The Morgan fingerprint density at radius 3 is 2.46 bits per heavy atom. The van der Waals surface area contributed by atoms with Crippen LogP contribution in [0.25, 0.3) is 27.1 Å². The van der Waals surface area contributed by atoms with Crippen LogP contribution in [-0.4, -0.2) is 38.9 Å². The Labute approximate surface area is 217 Å². The maximum absolute atomic E-state index is 11.8. The number of fused-ring (bicyclic) bond motifs is 4. The van der Waals surface area contributed by atoms with Crippen molar-refractivity contribution in [1.29, 1.82) is 0 Å². The molecule has 3 aromatic carbocycles. The first-order valence-electron chi connectivity index (χ1n) is 10.6. The average molecular weight is 562 g/mol.